The van der Waals surface area contributed by atoms with E-state index in [2.05, 4.69) is 139 Å². The van der Waals surface area contributed by atoms with Gasteiger partial charge in [0.2, 0.25) is 0 Å². The van der Waals surface area contributed by atoms with Crippen molar-refractivity contribution in [1.29, 1.82) is 0 Å². The first-order valence-corrected chi connectivity index (χ1v) is 14.0. The highest BCUT2D eigenvalue weighted by molar-refractivity contribution is 9.11. The minimum atomic E-state index is 0.384. The molecule has 0 fully saturated rings. The van der Waals surface area contributed by atoms with Crippen LogP contribution in [0, 0.1) is 0 Å². The van der Waals surface area contributed by atoms with Gasteiger partial charge in [0, 0.05) is 10.9 Å². The minimum Gasteiger partial charge on any atom is -0.330 e. The zero-order chi connectivity index (χ0) is 25.2. The Labute approximate surface area is 225 Å². The summed E-state index contributed by atoms with van der Waals surface area (Å²) >= 11 is 3.48. The largest absolute Gasteiger partial charge is 0.330 e. The van der Waals surface area contributed by atoms with Gasteiger partial charge >= 0.3 is 0 Å². The van der Waals surface area contributed by atoms with Crippen LogP contribution in [0.15, 0.2) is 88.2 Å². The van der Waals surface area contributed by atoms with Crippen molar-refractivity contribution in [2.45, 2.75) is 59.0 Å². The highest BCUT2D eigenvalue weighted by atomic mass is 79.9. The van der Waals surface area contributed by atoms with Crippen LogP contribution in [0.1, 0.15) is 61.1 Å². The smallest absolute Gasteiger partial charge is 0.284 e. The normalized spacial score (nSPS) is 15.2. The summed E-state index contributed by atoms with van der Waals surface area (Å²) in [6.45, 7) is 9.71. The molecule has 0 amide bonds. The predicted octanol–water partition coefficient (Wildman–Crippen LogP) is 8.43. The maximum Gasteiger partial charge on any atom is 0.284 e. The monoisotopic (exact) mass is 535 g/mol. The lowest BCUT2D eigenvalue weighted by atomic mass is 9.46. The first-order valence-electron chi connectivity index (χ1n) is 13.2. The molecule has 3 heteroatoms. The Morgan fingerprint density at radius 1 is 0.583 bits per heavy atom. The fraction of sp³-hybridized carbons (Fsp3) is 0.273. The second kappa shape index (κ2) is 10.8. The molecule has 0 saturated heterocycles. The van der Waals surface area contributed by atoms with Gasteiger partial charge in [-0.25, -0.2) is 0 Å². The van der Waals surface area contributed by atoms with Crippen LogP contribution >= 0.6 is 15.9 Å². The van der Waals surface area contributed by atoms with Crippen molar-refractivity contribution >= 4 is 41.0 Å². The van der Waals surface area contributed by atoms with Crippen LogP contribution in [0.5, 0.6) is 0 Å². The molecule has 0 N–H and O–H groups in total. The molecule has 6 rings (SSSR count). The topological polar surface area (TPSA) is 3.24 Å². The lowest BCUT2D eigenvalue weighted by Crippen LogP contribution is -2.51. The highest BCUT2D eigenvalue weighted by Gasteiger charge is 2.37. The number of benzene rings is 3. The molecular formula is C33H35BBrN. The van der Waals surface area contributed by atoms with Crippen molar-refractivity contribution in [3.05, 3.63) is 122 Å². The Morgan fingerprint density at radius 2 is 0.972 bits per heavy atom. The first-order chi connectivity index (χ1) is 17.4. The Bertz CT molecular complexity index is 1280. The molecule has 0 radical (unpaired) electrons. The lowest BCUT2D eigenvalue weighted by Gasteiger charge is -2.38. The van der Waals surface area contributed by atoms with E-state index in [0.29, 0.717) is 18.9 Å². The molecule has 0 spiro atoms. The number of hydrogen-bond acceptors (Lipinski definition) is 1. The lowest BCUT2D eigenvalue weighted by molar-refractivity contribution is 0.306. The van der Waals surface area contributed by atoms with Crippen molar-refractivity contribution < 1.29 is 0 Å². The molecule has 3 aliphatic carbocycles. The van der Waals surface area contributed by atoms with Crippen LogP contribution in [0.25, 0.3) is 18.2 Å². The molecule has 0 saturated carbocycles. The van der Waals surface area contributed by atoms with Crippen LogP contribution in [-0.2, 0) is 19.3 Å². The van der Waals surface area contributed by atoms with E-state index in [1.54, 1.807) is 10.9 Å². The number of nitrogens with zero attached hydrogens (tertiary/aromatic N) is 1. The SMILES string of the molecule is BrC1=Cc2ccccc2C1.CC(C)N(B(C1=Cc2ccccc2C1)C1=Cc2ccccc2C1)C(C)C. The van der Waals surface area contributed by atoms with Crippen LogP contribution in [0.4, 0.5) is 0 Å². The van der Waals surface area contributed by atoms with E-state index in [1.165, 1.54) is 37.9 Å². The molecule has 0 unspecified atom stereocenters. The van der Waals surface area contributed by atoms with Crippen molar-refractivity contribution in [1.82, 2.24) is 4.81 Å². The number of rotatable bonds is 5. The van der Waals surface area contributed by atoms with Crippen LogP contribution in [0.3, 0.4) is 0 Å². The predicted molar refractivity (Wildman–Crippen MR) is 161 cm³/mol. The molecule has 0 aliphatic heterocycles. The number of fused-ring (bicyclic) bond motifs is 3. The first kappa shape index (κ1) is 25.1. The summed E-state index contributed by atoms with van der Waals surface area (Å²) in [5, 5.41) is 0. The summed E-state index contributed by atoms with van der Waals surface area (Å²) in [5.74, 6) is 0. The van der Waals surface area contributed by atoms with Gasteiger partial charge in [-0.05, 0) is 64.4 Å². The second-order valence-electron chi connectivity index (χ2n) is 10.7. The molecule has 182 valence electrons. The Balaban J connectivity index is 0.000000222. The summed E-state index contributed by atoms with van der Waals surface area (Å²) in [4.78, 5) is 2.69. The third-order valence-electron chi connectivity index (χ3n) is 7.50. The van der Waals surface area contributed by atoms with Crippen LogP contribution in [0.2, 0.25) is 0 Å². The standard InChI is InChI=1S/C24H28BN.C9H7Br/c1-17(2)26(18(3)4)25(23-13-19-9-5-6-10-20(19)14-23)24-15-21-11-7-8-12-22(21)16-24;10-9-5-7-3-1-2-4-8(7)6-9/h5-13,15,17-18H,14,16H2,1-4H3;1-5H,6H2. The molecule has 36 heavy (non-hydrogen) atoms. The van der Waals surface area contributed by atoms with E-state index in [-0.39, 0.29) is 0 Å². The van der Waals surface area contributed by atoms with E-state index in [4.69, 9.17) is 0 Å². The molecule has 0 bridgehead atoms. The summed E-state index contributed by atoms with van der Waals surface area (Å²) in [7, 11) is 0. The summed E-state index contributed by atoms with van der Waals surface area (Å²) in [6.07, 6.45) is 10.3. The van der Waals surface area contributed by atoms with Gasteiger partial charge in [-0.15, -0.1) is 0 Å². The van der Waals surface area contributed by atoms with Crippen LogP contribution < -0.4 is 0 Å². The van der Waals surface area contributed by atoms with E-state index in [0.717, 1.165) is 19.3 Å². The van der Waals surface area contributed by atoms with Crippen molar-refractivity contribution in [2.75, 3.05) is 0 Å². The summed E-state index contributed by atoms with van der Waals surface area (Å²) in [6, 6.07) is 27.2. The van der Waals surface area contributed by atoms with Gasteiger partial charge in [0.15, 0.2) is 0 Å². The van der Waals surface area contributed by atoms with Gasteiger partial charge in [0.25, 0.3) is 6.85 Å². The average molecular weight is 536 g/mol. The summed E-state index contributed by atoms with van der Waals surface area (Å²) in [5.41, 5.74) is 11.6. The van der Waals surface area contributed by atoms with Gasteiger partial charge in [-0.1, -0.05) is 140 Å². The Kier molecular flexibility index (Phi) is 7.51. The molecule has 3 aliphatic rings. The van der Waals surface area contributed by atoms with E-state index in [9.17, 15) is 0 Å². The van der Waals surface area contributed by atoms with E-state index >= 15 is 0 Å². The zero-order valence-corrected chi connectivity index (χ0v) is 23.4. The molecular weight excluding hydrogens is 501 g/mol. The van der Waals surface area contributed by atoms with Crippen molar-refractivity contribution in [3.8, 4) is 0 Å². The third kappa shape index (κ3) is 5.24. The van der Waals surface area contributed by atoms with Crippen molar-refractivity contribution in [2.24, 2.45) is 0 Å². The Morgan fingerprint density at radius 3 is 1.36 bits per heavy atom. The van der Waals surface area contributed by atoms with Gasteiger partial charge in [-0.3, -0.25) is 0 Å². The Hall–Kier alpha value is -2.62. The quantitative estimate of drug-likeness (QED) is 0.296. The molecule has 0 aromatic heterocycles. The summed E-state index contributed by atoms with van der Waals surface area (Å²) < 4.78 is 1.29. The zero-order valence-electron chi connectivity index (χ0n) is 21.8. The average Bonchev–Trinajstić information content (AvgIpc) is 3.57. The molecule has 0 atom stereocenters. The second-order valence-corrected chi connectivity index (χ2v) is 11.7. The molecule has 3 aromatic carbocycles. The minimum absolute atomic E-state index is 0.384. The number of allylic oxidation sites excluding steroid dienone is 3. The molecule has 1 nitrogen and oxygen atoms in total. The fourth-order valence-corrected chi connectivity index (χ4v) is 6.56. The van der Waals surface area contributed by atoms with Gasteiger partial charge in [0.1, 0.15) is 0 Å². The van der Waals surface area contributed by atoms with Crippen LogP contribution in [-0.4, -0.2) is 23.7 Å². The fourth-order valence-electron chi connectivity index (χ4n) is 6.02. The molecule has 3 aromatic rings. The van der Waals surface area contributed by atoms with E-state index in [1.807, 2.05) is 0 Å². The van der Waals surface area contributed by atoms with E-state index < -0.39 is 0 Å². The van der Waals surface area contributed by atoms with Gasteiger partial charge in [0.05, 0.1) is 0 Å². The van der Waals surface area contributed by atoms with Gasteiger partial charge in [-0.2, -0.15) is 0 Å². The highest BCUT2D eigenvalue weighted by Crippen LogP contribution is 2.36. The molecule has 0 heterocycles. The maximum absolute atomic E-state index is 3.48. The van der Waals surface area contributed by atoms with Crippen molar-refractivity contribution in [3.63, 3.8) is 0 Å². The number of halogens is 1. The third-order valence-corrected chi connectivity index (χ3v) is 8.01. The number of hydrogen-bond donors (Lipinski definition) is 0. The maximum atomic E-state index is 3.48. The van der Waals surface area contributed by atoms with Gasteiger partial charge < -0.3 is 4.81 Å².